The summed E-state index contributed by atoms with van der Waals surface area (Å²) in [5.41, 5.74) is 8.66. The van der Waals surface area contributed by atoms with E-state index in [-0.39, 0.29) is 24.0 Å². The molecule has 0 aliphatic rings. The maximum atomic E-state index is 12.5. The van der Waals surface area contributed by atoms with Crippen LogP contribution in [0.5, 0.6) is 0 Å². The molecule has 32 heavy (non-hydrogen) atoms. The summed E-state index contributed by atoms with van der Waals surface area (Å²) in [5, 5.41) is 3.55. The number of hydrogen-bond donors (Lipinski definition) is 2. The van der Waals surface area contributed by atoms with Crippen molar-refractivity contribution < 1.29 is 14.3 Å². The molecular weight excluding hydrogens is 404 g/mol. The molecule has 1 heterocycles. The fourth-order valence-electron chi connectivity index (χ4n) is 3.09. The molecule has 3 N–H and O–H groups in total. The highest BCUT2D eigenvalue weighted by atomic mass is 16.5. The Balaban J connectivity index is 1.43. The number of ether oxygens (including phenoxy) is 1. The minimum absolute atomic E-state index is 0.152. The highest BCUT2D eigenvalue weighted by Gasteiger charge is 2.14. The first-order valence-corrected chi connectivity index (χ1v) is 9.90. The second-order valence-corrected chi connectivity index (χ2v) is 6.98. The van der Waals surface area contributed by atoms with Crippen LogP contribution in [-0.4, -0.2) is 21.8 Å². The van der Waals surface area contributed by atoms with Crippen LogP contribution >= 0.6 is 0 Å². The quantitative estimate of drug-likeness (QED) is 0.354. The van der Waals surface area contributed by atoms with Gasteiger partial charge in [-0.25, -0.2) is 14.8 Å². The number of esters is 1. The van der Waals surface area contributed by atoms with E-state index in [0.29, 0.717) is 5.69 Å². The van der Waals surface area contributed by atoms with Gasteiger partial charge in [-0.3, -0.25) is 4.79 Å². The minimum atomic E-state index is -0.512. The van der Waals surface area contributed by atoms with E-state index in [1.54, 1.807) is 36.5 Å². The van der Waals surface area contributed by atoms with E-state index < -0.39 is 5.97 Å². The van der Waals surface area contributed by atoms with Crippen molar-refractivity contribution in [2.45, 2.75) is 6.61 Å². The summed E-state index contributed by atoms with van der Waals surface area (Å²) in [6, 6.07) is 21.6. The van der Waals surface area contributed by atoms with Crippen molar-refractivity contribution in [1.29, 1.82) is 0 Å². The number of fused-ring (bicyclic) bond motifs is 1. The Labute approximate surface area is 184 Å². The molecule has 0 radical (unpaired) electrons. The fourth-order valence-corrected chi connectivity index (χ4v) is 3.09. The average Bonchev–Trinajstić information content (AvgIpc) is 2.82. The first-order valence-electron chi connectivity index (χ1n) is 9.90. The third-order valence-electron chi connectivity index (χ3n) is 4.67. The van der Waals surface area contributed by atoms with Crippen LogP contribution in [0.1, 0.15) is 21.5 Å². The lowest BCUT2D eigenvalue weighted by atomic mass is 10.1. The number of benzene rings is 3. The van der Waals surface area contributed by atoms with Crippen molar-refractivity contribution in [3.8, 4) is 0 Å². The van der Waals surface area contributed by atoms with Crippen molar-refractivity contribution in [1.82, 2.24) is 9.97 Å². The molecule has 3 aromatic carbocycles. The number of para-hydroxylation sites is 1. The first kappa shape index (κ1) is 20.7. The van der Waals surface area contributed by atoms with Gasteiger partial charge in [0, 0.05) is 17.7 Å². The summed E-state index contributed by atoms with van der Waals surface area (Å²) >= 11 is 0. The topological polar surface area (TPSA) is 107 Å². The van der Waals surface area contributed by atoms with Crippen molar-refractivity contribution in [2.24, 2.45) is 0 Å². The van der Waals surface area contributed by atoms with E-state index in [2.05, 4.69) is 15.3 Å². The van der Waals surface area contributed by atoms with Crippen molar-refractivity contribution >= 4 is 40.5 Å². The van der Waals surface area contributed by atoms with Crippen LogP contribution in [0, 0.1) is 0 Å². The van der Waals surface area contributed by atoms with Gasteiger partial charge >= 0.3 is 5.97 Å². The number of nitrogen functional groups attached to an aromatic ring is 1. The third kappa shape index (κ3) is 5.14. The van der Waals surface area contributed by atoms with Crippen LogP contribution in [0.4, 0.5) is 11.6 Å². The standard InChI is InChI=1S/C25H20N4O3/c26-25-27-15-19-14-17(10-12-21(19)29-25)11-13-23(30)28-22-9-5-4-8-20(22)24(31)32-16-18-6-2-1-3-7-18/h1-15H,16H2,(H,28,30)(H2,26,27,29). The average molecular weight is 424 g/mol. The van der Waals surface area contributed by atoms with E-state index in [1.165, 1.54) is 6.08 Å². The van der Waals surface area contributed by atoms with Gasteiger partial charge in [0.05, 0.1) is 16.8 Å². The third-order valence-corrected chi connectivity index (χ3v) is 4.67. The molecule has 1 aromatic heterocycles. The van der Waals surface area contributed by atoms with Gasteiger partial charge in [-0.1, -0.05) is 48.5 Å². The first-order chi connectivity index (χ1) is 15.6. The fraction of sp³-hybridized carbons (Fsp3) is 0.0400. The Kier molecular flexibility index (Phi) is 6.17. The molecule has 0 atom stereocenters. The Morgan fingerprint density at radius 2 is 1.78 bits per heavy atom. The maximum absolute atomic E-state index is 12.5. The van der Waals surface area contributed by atoms with Gasteiger partial charge in [0.2, 0.25) is 11.9 Å². The number of rotatable bonds is 6. The Hall–Kier alpha value is -4.52. The summed E-state index contributed by atoms with van der Waals surface area (Å²) in [6.07, 6.45) is 4.69. The van der Waals surface area contributed by atoms with Crippen LogP contribution in [0.15, 0.2) is 85.1 Å². The lowest BCUT2D eigenvalue weighted by Gasteiger charge is -2.10. The van der Waals surface area contributed by atoms with Gasteiger partial charge in [0.1, 0.15) is 6.61 Å². The summed E-state index contributed by atoms with van der Waals surface area (Å²) in [7, 11) is 0. The van der Waals surface area contributed by atoms with Crippen LogP contribution in [0.2, 0.25) is 0 Å². The van der Waals surface area contributed by atoms with Gasteiger partial charge in [-0.2, -0.15) is 0 Å². The predicted molar refractivity (Wildman–Crippen MR) is 124 cm³/mol. The Morgan fingerprint density at radius 1 is 1.00 bits per heavy atom. The molecule has 0 bridgehead atoms. The molecule has 0 saturated carbocycles. The van der Waals surface area contributed by atoms with E-state index in [9.17, 15) is 9.59 Å². The highest BCUT2D eigenvalue weighted by molar-refractivity contribution is 6.06. The minimum Gasteiger partial charge on any atom is -0.457 e. The molecule has 4 aromatic rings. The van der Waals surface area contributed by atoms with Crippen LogP contribution in [-0.2, 0) is 16.1 Å². The van der Waals surface area contributed by atoms with Crippen LogP contribution < -0.4 is 11.1 Å². The largest absolute Gasteiger partial charge is 0.457 e. The molecule has 0 fully saturated rings. The zero-order valence-electron chi connectivity index (χ0n) is 17.1. The van der Waals surface area contributed by atoms with E-state index in [4.69, 9.17) is 10.5 Å². The van der Waals surface area contributed by atoms with Crippen molar-refractivity contribution in [3.05, 3.63) is 102 Å². The van der Waals surface area contributed by atoms with E-state index in [0.717, 1.165) is 22.0 Å². The molecule has 0 unspecified atom stereocenters. The van der Waals surface area contributed by atoms with Crippen LogP contribution in [0.3, 0.4) is 0 Å². The van der Waals surface area contributed by atoms with Crippen LogP contribution in [0.25, 0.3) is 17.0 Å². The Bertz CT molecular complexity index is 1300. The molecule has 0 spiro atoms. The van der Waals surface area contributed by atoms with Gasteiger partial charge in [-0.05, 0) is 41.5 Å². The molecule has 4 rings (SSSR count). The van der Waals surface area contributed by atoms with Gasteiger partial charge in [-0.15, -0.1) is 0 Å². The van der Waals surface area contributed by atoms with Crippen molar-refractivity contribution in [2.75, 3.05) is 11.1 Å². The number of nitrogens with two attached hydrogens (primary N) is 1. The SMILES string of the molecule is Nc1ncc2cc(C=CC(=O)Nc3ccccc3C(=O)OCc3ccccc3)ccc2n1. The molecule has 0 aliphatic carbocycles. The molecule has 0 aliphatic heterocycles. The summed E-state index contributed by atoms with van der Waals surface area (Å²) in [4.78, 5) is 33.1. The monoisotopic (exact) mass is 424 g/mol. The summed E-state index contributed by atoms with van der Waals surface area (Å²) in [5.74, 6) is -0.675. The van der Waals surface area contributed by atoms with Gasteiger partial charge in [0.15, 0.2) is 0 Å². The lowest BCUT2D eigenvalue weighted by molar-refractivity contribution is -0.111. The zero-order valence-corrected chi connectivity index (χ0v) is 17.1. The zero-order chi connectivity index (χ0) is 22.3. The van der Waals surface area contributed by atoms with Gasteiger partial charge < -0.3 is 15.8 Å². The molecule has 1 amide bonds. The highest BCUT2D eigenvalue weighted by Crippen LogP contribution is 2.18. The summed E-state index contributed by atoms with van der Waals surface area (Å²) in [6.45, 7) is 0.152. The number of amides is 1. The maximum Gasteiger partial charge on any atom is 0.340 e. The lowest BCUT2D eigenvalue weighted by Crippen LogP contribution is -2.13. The Morgan fingerprint density at radius 3 is 2.62 bits per heavy atom. The molecule has 7 heteroatoms. The number of carbonyl (C=O) groups excluding carboxylic acids is 2. The normalized spacial score (nSPS) is 10.9. The molecular formula is C25H20N4O3. The smallest absolute Gasteiger partial charge is 0.340 e. The second-order valence-electron chi connectivity index (χ2n) is 6.98. The molecule has 0 saturated heterocycles. The number of anilines is 2. The number of nitrogens with zero attached hydrogens (tertiary/aromatic N) is 2. The van der Waals surface area contributed by atoms with Gasteiger partial charge in [0.25, 0.3) is 0 Å². The number of aromatic nitrogens is 2. The van der Waals surface area contributed by atoms with E-state index in [1.807, 2.05) is 48.5 Å². The summed E-state index contributed by atoms with van der Waals surface area (Å²) < 4.78 is 5.39. The number of carbonyl (C=O) groups is 2. The second kappa shape index (κ2) is 9.53. The molecule has 7 nitrogen and oxygen atoms in total. The predicted octanol–water partition coefficient (Wildman–Crippen LogP) is 4.22. The molecule has 158 valence electrons. The van der Waals surface area contributed by atoms with Crippen molar-refractivity contribution in [3.63, 3.8) is 0 Å². The van der Waals surface area contributed by atoms with E-state index >= 15 is 0 Å². The number of hydrogen-bond acceptors (Lipinski definition) is 6. The number of nitrogens with one attached hydrogen (secondary N) is 1.